The van der Waals surface area contributed by atoms with Gasteiger partial charge < -0.3 is 9.30 Å². The monoisotopic (exact) mass is 444 g/mol. The molecule has 0 saturated heterocycles. The summed E-state index contributed by atoms with van der Waals surface area (Å²) in [6, 6.07) is 14.6. The Morgan fingerprint density at radius 2 is 1.90 bits per heavy atom. The summed E-state index contributed by atoms with van der Waals surface area (Å²) in [5, 5.41) is 12.3. The Labute approximate surface area is 180 Å². The van der Waals surface area contributed by atoms with E-state index < -0.39 is 6.61 Å². The molecule has 5 nitrogen and oxygen atoms in total. The average molecular weight is 445 g/mol. The van der Waals surface area contributed by atoms with Gasteiger partial charge in [0.25, 0.3) is 0 Å². The second kappa shape index (κ2) is 8.93. The standard InChI is InChI=1S/C21H18F2N4OS2/c1-13-4-3-5-15(10-13)19-24-16(11-29-19)12-30-21-26-25-18(27(21)2)14-6-8-17(9-7-14)28-20(22)23/h3-11,20H,12H2,1-2H3. The highest BCUT2D eigenvalue weighted by molar-refractivity contribution is 7.98. The minimum Gasteiger partial charge on any atom is -0.435 e. The summed E-state index contributed by atoms with van der Waals surface area (Å²) in [5.74, 6) is 1.44. The first-order valence-corrected chi connectivity index (χ1v) is 10.9. The molecule has 0 fully saturated rings. The van der Waals surface area contributed by atoms with Crippen molar-refractivity contribution in [3.05, 3.63) is 65.2 Å². The number of thiazole rings is 1. The zero-order valence-corrected chi connectivity index (χ0v) is 17.9. The van der Waals surface area contributed by atoms with Crippen molar-refractivity contribution in [1.29, 1.82) is 0 Å². The molecule has 4 aromatic rings. The van der Waals surface area contributed by atoms with Crippen LogP contribution in [0.2, 0.25) is 0 Å². The fourth-order valence-electron chi connectivity index (χ4n) is 2.90. The van der Waals surface area contributed by atoms with Gasteiger partial charge in [-0.2, -0.15) is 8.78 Å². The highest BCUT2D eigenvalue weighted by Crippen LogP contribution is 2.29. The number of aromatic nitrogens is 4. The summed E-state index contributed by atoms with van der Waals surface area (Å²) in [6.45, 7) is -0.773. The lowest BCUT2D eigenvalue weighted by Gasteiger charge is -2.06. The minimum absolute atomic E-state index is 0.110. The van der Waals surface area contributed by atoms with Gasteiger partial charge in [-0.3, -0.25) is 0 Å². The molecule has 0 atom stereocenters. The molecular weight excluding hydrogens is 426 g/mol. The highest BCUT2D eigenvalue weighted by atomic mass is 32.2. The molecule has 0 aliphatic rings. The van der Waals surface area contributed by atoms with Crippen LogP contribution in [-0.2, 0) is 12.8 Å². The van der Waals surface area contributed by atoms with Crippen LogP contribution in [0, 0.1) is 6.92 Å². The number of nitrogens with zero attached hydrogens (tertiary/aromatic N) is 4. The number of hydrogen-bond donors (Lipinski definition) is 0. The largest absolute Gasteiger partial charge is 0.435 e. The topological polar surface area (TPSA) is 52.8 Å². The van der Waals surface area contributed by atoms with Gasteiger partial charge in [-0.05, 0) is 37.3 Å². The molecule has 0 radical (unpaired) electrons. The maximum atomic E-state index is 12.3. The molecule has 0 bridgehead atoms. The second-order valence-electron chi connectivity index (χ2n) is 6.57. The number of ether oxygens (including phenoxy) is 1. The molecule has 0 aliphatic heterocycles. The lowest BCUT2D eigenvalue weighted by Crippen LogP contribution is -2.01. The Balaban J connectivity index is 1.44. The maximum Gasteiger partial charge on any atom is 0.387 e. The predicted molar refractivity (Wildman–Crippen MR) is 115 cm³/mol. The van der Waals surface area contributed by atoms with Crippen LogP contribution in [0.3, 0.4) is 0 Å². The molecule has 9 heteroatoms. The van der Waals surface area contributed by atoms with Gasteiger partial charge in [-0.25, -0.2) is 4.98 Å². The molecule has 2 heterocycles. The first kappa shape index (κ1) is 20.5. The third-order valence-electron chi connectivity index (χ3n) is 4.34. The van der Waals surface area contributed by atoms with Crippen LogP contribution in [-0.4, -0.2) is 26.4 Å². The van der Waals surface area contributed by atoms with E-state index in [2.05, 4.69) is 45.4 Å². The molecule has 0 saturated carbocycles. The predicted octanol–water partition coefficient (Wildman–Crippen LogP) is 5.81. The zero-order valence-electron chi connectivity index (χ0n) is 16.3. The van der Waals surface area contributed by atoms with Gasteiger partial charge in [-0.1, -0.05) is 35.5 Å². The zero-order chi connectivity index (χ0) is 21.1. The summed E-state index contributed by atoms with van der Waals surface area (Å²) >= 11 is 3.17. The molecule has 4 rings (SSSR count). The summed E-state index contributed by atoms with van der Waals surface area (Å²) in [6.07, 6.45) is 0. The van der Waals surface area contributed by atoms with Gasteiger partial charge >= 0.3 is 6.61 Å². The molecule has 154 valence electrons. The van der Waals surface area contributed by atoms with Gasteiger partial charge in [0.2, 0.25) is 0 Å². The Hall–Kier alpha value is -2.78. The Bertz CT molecular complexity index is 1140. The maximum absolute atomic E-state index is 12.3. The average Bonchev–Trinajstić information content (AvgIpc) is 3.33. The molecule has 0 amide bonds. The van der Waals surface area contributed by atoms with Crippen molar-refractivity contribution in [2.45, 2.75) is 24.4 Å². The van der Waals surface area contributed by atoms with Gasteiger partial charge in [0.15, 0.2) is 11.0 Å². The van der Waals surface area contributed by atoms with E-state index in [0.29, 0.717) is 11.6 Å². The third-order valence-corrected chi connectivity index (χ3v) is 6.33. The van der Waals surface area contributed by atoms with E-state index in [0.717, 1.165) is 27.0 Å². The Morgan fingerprint density at radius 1 is 1.10 bits per heavy atom. The quantitative estimate of drug-likeness (QED) is 0.337. The highest BCUT2D eigenvalue weighted by Gasteiger charge is 2.13. The van der Waals surface area contributed by atoms with E-state index in [9.17, 15) is 8.78 Å². The van der Waals surface area contributed by atoms with Crippen molar-refractivity contribution < 1.29 is 13.5 Å². The first-order valence-electron chi connectivity index (χ1n) is 9.08. The smallest absolute Gasteiger partial charge is 0.387 e. The molecule has 2 aromatic heterocycles. The van der Waals surface area contributed by atoms with Crippen LogP contribution >= 0.6 is 23.1 Å². The number of hydrogen-bond acceptors (Lipinski definition) is 6. The number of benzene rings is 2. The number of rotatable bonds is 7. The van der Waals surface area contributed by atoms with E-state index in [1.54, 1.807) is 35.2 Å². The van der Waals surface area contributed by atoms with Crippen LogP contribution in [0.4, 0.5) is 8.78 Å². The molecule has 0 aliphatic carbocycles. The summed E-state index contributed by atoms with van der Waals surface area (Å²) in [4.78, 5) is 4.73. The molecule has 0 spiro atoms. The molecule has 30 heavy (non-hydrogen) atoms. The Morgan fingerprint density at radius 3 is 2.63 bits per heavy atom. The minimum atomic E-state index is -2.84. The van der Waals surface area contributed by atoms with E-state index in [1.165, 1.54) is 17.7 Å². The van der Waals surface area contributed by atoms with Crippen LogP contribution in [0.25, 0.3) is 22.0 Å². The van der Waals surface area contributed by atoms with Gasteiger partial charge in [0.05, 0.1) is 5.69 Å². The lowest BCUT2D eigenvalue weighted by molar-refractivity contribution is -0.0498. The molecule has 2 aromatic carbocycles. The van der Waals surface area contributed by atoms with Gasteiger partial charge in [-0.15, -0.1) is 21.5 Å². The van der Waals surface area contributed by atoms with E-state index in [1.807, 2.05) is 17.7 Å². The number of thioether (sulfide) groups is 1. The van der Waals surface area contributed by atoms with Crippen molar-refractivity contribution in [2.75, 3.05) is 0 Å². The van der Waals surface area contributed by atoms with E-state index >= 15 is 0 Å². The van der Waals surface area contributed by atoms with Gasteiger partial charge in [0.1, 0.15) is 10.8 Å². The summed E-state index contributed by atoms with van der Waals surface area (Å²) < 4.78 is 30.9. The normalized spacial score (nSPS) is 11.2. The number of alkyl halides is 2. The molecule has 0 unspecified atom stereocenters. The van der Waals surface area contributed by atoms with E-state index in [4.69, 9.17) is 4.98 Å². The van der Waals surface area contributed by atoms with Crippen molar-refractivity contribution in [3.8, 4) is 27.7 Å². The van der Waals surface area contributed by atoms with E-state index in [-0.39, 0.29) is 5.75 Å². The fraction of sp³-hybridized carbons (Fsp3) is 0.190. The number of halogens is 2. The Kier molecular flexibility index (Phi) is 6.10. The summed E-state index contributed by atoms with van der Waals surface area (Å²) in [7, 11) is 1.88. The molecular formula is C21H18F2N4OS2. The van der Waals surface area contributed by atoms with Gasteiger partial charge in [0, 0.05) is 29.3 Å². The number of aryl methyl sites for hydroxylation is 1. The van der Waals surface area contributed by atoms with Crippen LogP contribution in [0.15, 0.2) is 59.1 Å². The van der Waals surface area contributed by atoms with Crippen molar-refractivity contribution in [3.63, 3.8) is 0 Å². The second-order valence-corrected chi connectivity index (χ2v) is 8.37. The fourth-order valence-corrected chi connectivity index (χ4v) is 4.63. The van der Waals surface area contributed by atoms with Crippen LogP contribution in [0.5, 0.6) is 5.75 Å². The van der Waals surface area contributed by atoms with Crippen LogP contribution in [0.1, 0.15) is 11.3 Å². The summed E-state index contributed by atoms with van der Waals surface area (Å²) in [5.41, 5.74) is 4.09. The molecule has 0 N–H and O–H groups in total. The van der Waals surface area contributed by atoms with Crippen molar-refractivity contribution in [2.24, 2.45) is 7.05 Å². The first-order chi connectivity index (χ1) is 14.5. The van der Waals surface area contributed by atoms with Crippen molar-refractivity contribution in [1.82, 2.24) is 19.7 Å². The van der Waals surface area contributed by atoms with Crippen molar-refractivity contribution >= 4 is 23.1 Å². The third kappa shape index (κ3) is 4.68. The lowest BCUT2D eigenvalue weighted by atomic mass is 10.1. The van der Waals surface area contributed by atoms with Crippen LogP contribution < -0.4 is 4.74 Å². The SMILES string of the molecule is Cc1cccc(-c2nc(CSc3nnc(-c4ccc(OC(F)F)cc4)n3C)cs2)c1.